The SMILES string of the molecule is CN(C)CC(Cc1nn(C)c2ccccc12)NN. The molecule has 1 atom stereocenters. The highest BCUT2D eigenvalue weighted by Crippen LogP contribution is 2.18. The minimum absolute atomic E-state index is 0.207. The molecule has 0 aliphatic heterocycles. The fourth-order valence-corrected chi connectivity index (χ4v) is 2.29. The quantitative estimate of drug-likeness (QED) is 0.597. The fourth-order valence-electron chi connectivity index (χ4n) is 2.29. The molecule has 1 aromatic carbocycles. The van der Waals surface area contributed by atoms with E-state index in [4.69, 9.17) is 5.84 Å². The maximum Gasteiger partial charge on any atom is 0.0719 e. The van der Waals surface area contributed by atoms with Crippen molar-refractivity contribution in [3.05, 3.63) is 30.0 Å². The Morgan fingerprint density at radius 2 is 2.11 bits per heavy atom. The molecule has 0 radical (unpaired) electrons. The molecular weight excluding hydrogens is 226 g/mol. The molecule has 0 aliphatic carbocycles. The second-order valence-electron chi connectivity index (χ2n) is 4.92. The van der Waals surface area contributed by atoms with Crippen molar-refractivity contribution >= 4 is 10.9 Å². The zero-order chi connectivity index (χ0) is 13.1. The number of nitrogens with two attached hydrogens (primary N) is 1. The molecule has 5 heteroatoms. The first-order valence-electron chi connectivity index (χ1n) is 6.13. The summed E-state index contributed by atoms with van der Waals surface area (Å²) in [5.41, 5.74) is 5.12. The lowest BCUT2D eigenvalue weighted by Gasteiger charge is -2.19. The van der Waals surface area contributed by atoms with E-state index in [0.29, 0.717) is 0 Å². The van der Waals surface area contributed by atoms with Gasteiger partial charge in [0.15, 0.2) is 0 Å². The second kappa shape index (κ2) is 5.48. The van der Waals surface area contributed by atoms with Crippen LogP contribution in [-0.4, -0.2) is 41.4 Å². The van der Waals surface area contributed by atoms with Crippen LogP contribution in [-0.2, 0) is 13.5 Å². The zero-order valence-electron chi connectivity index (χ0n) is 11.2. The predicted octanol–water partition coefficient (Wildman–Crippen LogP) is 0.509. The Hall–Kier alpha value is -1.43. The van der Waals surface area contributed by atoms with Gasteiger partial charge in [-0.3, -0.25) is 16.0 Å². The average Bonchev–Trinajstić information content (AvgIpc) is 2.66. The minimum Gasteiger partial charge on any atom is -0.308 e. The molecule has 2 rings (SSSR count). The Balaban J connectivity index is 2.25. The Morgan fingerprint density at radius 1 is 1.39 bits per heavy atom. The smallest absolute Gasteiger partial charge is 0.0719 e. The molecule has 5 nitrogen and oxygen atoms in total. The van der Waals surface area contributed by atoms with E-state index in [2.05, 4.69) is 27.6 Å². The van der Waals surface area contributed by atoms with Crippen LogP contribution in [0.4, 0.5) is 0 Å². The van der Waals surface area contributed by atoms with Crippen molar-refractivity contribution in [2.45, 2.75) is 12.5 Å². The van der Waals surface area contributed by atoms with Gasteiger partial charge < -0.3 is 4.90 Å². The summed E-state index contributed by atoms with van der Waals surface area (Å²) in [6.45, 7) is 0.890. The number of hydrogen-bond donors (Lipinski definition) is 2. The number of fused-ring (bicyclic) bond motifs is 1. The summed E-state index contributed by atoms with van der Waals surface area (Å²) >= 11 is 0. The van der Waals surface area contributed by atoms with Crippen LogP contribution in [0.5, 0.6) is 0 Å². The van der Waals surface area contributed by atoms with E-state index >= 15 is 0 Å². The van der Waals surface area contributed by atoms with Gasteiger partial charge >= 0.3 is 0 Å². The highest BCUT2D eigenvalue weighted by atomic mass is 15.3. The van der Waals surface area contributed by atoms with Crippen molar-refractivity contribution in [3.8, 4) is 0 Å². The zero-order valence-corrected chi connectivity index (χ0v) is 11.2. The molecule has 0 spiro atoms. The maximum absolute atomic E-state index is 5.61. The molecule has 0 saturated heterocycles. The Kier molecular flexibility index (Phi) is 3.96. The second-order valence-corrected chi connectivity index (χ2v) is 4.92. The summed E-state index contributed by atoms with van der Waals surface area (Å²) in [5.74, 6) is 5.61. The summed E-state index contributed by atoms with van der Waals surface area (Å²) < 4.78 is 1.92. The topological polar surface area (TPSA) is 59.1 Å². The highest BCUT2D eigenvalue weighted by Gasteiger charge is 2.14. The summed E-state index contributed by atoms with van der Waals surface area (Å²) in [6.07, 6.45) is 0.829. The average molecular weight is 247 g/mol. The van der Waals surface area contributed by atoms with E-state index in [1.807, 2.05) is 38.0 Å². The number of rotatable bonds is 5. The van der Waals surface area contributed by atoms with Crippen molar-refractivity contribution in [3.63, 3.8) is 0 Å². The van der Waals surface area contributed by atoms with Crippen LogP contribution >= 0.6 is 0 Å². The van der Waals surface area contributed by atoms with E-state index in [1.54, 1.807) is 0 Å². The first kappa shape index (κ1) is 13.0. The van der Waals surface area contributed by atoms with Gasteiger partial charge in [-0.15, -0.1) is 0 Å². The minimum atomic E-state index is 0.207. The lowest BCUT2D eigenvalue weighted by atomic mass is 10.1. The molecule has 1 aromatic heterocycles. The van der Waals surface area contributed by atoms with Gasteiger partial charge in [0, 0.05) is 31.4 Å². The van der Waals surface area contributed by atoms with Crippen LogP contribution in [0.25, 0.3) is 10.9 Å². The molecule has 0 saturated carbocycles. The van der Waals surface area contributed by atoms with Gasteiger partial charge in [-0.25, -0.2) is 0 Å². The third kappa shape index (κ3) is 2.69. The lowest BCUT2D eigenvalue weighted by molar-refractivity contribution is 0.337. The van der Waals surface area contributed by atoms with Crippen molar-refractivity contribution in [1.82, 2.24) is 20.1 Å². The number of aryl methyl sites for hydroxylation is 1. The van der Waals surface area contributed by atoms with Crippen molar-refractivity contribution in [1.29, 1.82) is 0 Å². The van der Waals surface area contributed by atoms with Crippen LogP contribution < -0.4 is 11.3 Å². The van der Waals surface area contributed by atoms with Crippen molar-refractivity contribution in [2.24, 2.45) is 12.9 Å². The molecule has 1 unspecified atom stereocenters. The molecule has 2 aromatic rings. The Morgan fingerprint density at radius 3 is 2.78 bits per heavy atom. The number of likely N-dealkylation sites (N-methyl/N-ethyl adjacent to an activating group) is 1. The largest absolute Gasteiger partial charge is 0.308 e. The molecule has 3 N–H and O–H groups in total. The maximum atomic E-state index is 5.61. The third-order valence-corrected chi connectivity index (χ3v) is 3.10. The van der Waals surface area contributed by atoms with Gasteiger partial charge in [0.25, 0.3) is 0 Å². The Labute approximate surface area is 108 Å². The number of para-hydroxylation sites is 1. The van der Waals surface area contributed by atoms with Crippen molar-refractivity contribution < 1.29 is 0 Å². The highest BCUT2D eigenvalue weighted by molar-refractivity contribution is 5.81. The monoisotopic (exact) mass is 247 g/mol. The van der Waals surface area contributed by atoms with Gasteiger partial charge in [-0.05, 0) is 20.2 Å². The van der Waals surface area contributed by atoms with Crippen LogP contribution in [0.1, 0.15) is 5.69 Å². The van der Waals surface area contributed by atoms with Crippen LogP contribution in [0.2, 0.25) is 0 Å². The number of hydrazine groups is 1. The van der Waals surface area contributed by atoms with Gasteiger partial charge in [0.1, 0.15) is 0 Å². The first-order valence-corrected chi connectivity index (χ1v) is 6.13. The summed E-state index contributed by atoms with van der Waals surface area (Å²) in [4.78, 5) is 2.12. The molecule has 0 fully saturated rings. The van der Waals surface area contributed by atoms with E-state index in [9.17, 15) is 0 Å². The van der Waals surface area contributed by atoms with E-state index in [0.717, 1.165) is 24.2 Å². The third-order valence-electron chi connectivity index (χ3n) is 3.10. The predicted molar refractivity (Wildman–Crippen MR) is 74.1 cm³/mol. The molecular formula is C13H21N5. The Bertz CT molecular complexity index is 517. The van der Waals surface area contributed by atoms with E-state index in [-0.39, 0.29) is 6.04 Å². The first-order chi connectivity index (χ1) is 8.61. The number of hydrogen-bond acceptors (Lipinski definition) is 4. The molecule has 18 heavy (non-hydrogen) atoms. The van der Waals surface area contributed by atoms with E-state index < -0.39 is 0 Å². The normalized spacial score (nSPS) is 13.4. The number of nitrogens with one attached hydrogen (secondary N) is 1. The standard InChI is InChI=1S/C13H21N5/c1-17(2)9-10(15-14)8-12-11-6-4-5-7-13(11)18(3)16-12/h4-7,10,15H,8-9,14H2,1-3H3. The van der Waals surface area contributed by atoms with Gasteiger partial charge in [-0.1, -0.05) is 18.2 Å². The number of benzene rings is 1. The van der Waals surface area contributed by atoms with Crippen LogP contribution in [0.15, 0.2) is 24.3 Å². The number of nitrogens with zero attached hydrogens (tertiary/aromatic N) is 3. The summed E-state index contributed by atoms with van der Waals surface area (Å²) in [7, 11) is 6.06. The molecule has 1 heterocycles. The molecule has 0 amide bonds. The fraction of sp³-hybridized carbons (Fsp3) is 0.462. The lowest BCUT2D eigenvalue weighted by Crippen LogP contribution is -2.43. The van der Waals surface area contributed by atoms with E-state index in [1.165, 1.54) is 5.39 Å². The van der Waals surface area contributed by atoms with Gasteiger partial charge in [0.2, 0.25) is 0 Å². The molecule has 0 bridgehead atoms. The molecule has 98 valence electrons. The summed E-state index contributed by atoms with van der Waals surface area (Å²) in [5, 5.41) is 5.79. The number of aromatic nitrogens is 2. The van der Waals surface area contributed by atoms with Gasteiger partial charge in [0.05, 0.1) is 11.2 Å². The summed E-state index contributed by atoms with van der Waals surface area (Å²) in [6, 6.07) is 8.48. The molecule has 0 aliphatic rings. The van der Waals surface area contributed by atoms with Crippen molar-refractivity contribution in [2.75, 3.05) is 20.6 Å². The van der Waals surface area contributed by atoms with Crippen LogP contribution in [0, 0.1) is 0 Å². The van der Waals surface area contributed by atoms with Crippen LogP contribution in [0.3, 0.4) is 0 Å². The van der Waals surface area contributed by atoms with Gasteiger partial charge in [-0.2, -0.15) is 5.10 Å².